The van der Waals surface area contributed by atoms with Gasteiger partial charge in [0, 0.05) is 17.3 Å². The molecule has 1 heterocycles. The first-order valence-electron chi connectivity index (χ1n) is 10.1. The number of aryl methyl sites for hydroxylation is 1. The molecule has 0 saturated heterocycles. The van der Waals surface area contributed by atoms with Gasteiger partial charge in [0.15, 0.2) is 5.16 Å². The number of carbonyl (C=O) groups is 2. The zero-order valence-electron chi connectivity index (χ0n) is 17.7. The van der Waals surface area contributed by atoms with Gasteiger partial charge in [-0.1, -0.05) is 60.1 Å². The van der Waals surface area contributed by atoms with Gasteiger partial charge >= 0.3 is 0 Å². The highest BCUT2D eigenvalue weighted by atomic mass is 35.5. The van der Waals surface area contributed by atoms with E-state index in [0.29, 0.717) is 33.3 Å². The zero-order valence-corrected chi connectivity index (χ0v) is 20.0. The van der Waals surface area contributed by atoms with Crippen molar-refractivity contribution in [3.63, 3.8) is 0 Å². The fourth-order valence-electron chi connectivity index (χ4n) is 3.07. The molecule has 2 N–H and O–H groups in total. The molecule has 168 valence electrons. The van der Waals surface area contributed by atoms with E-state index < -0.39 is 0 Å². The number of para-hydroxylation sites is 1. The molecule has 0 saturated carbocycles. The summed E-state index contributed by atoms with van der Waals surface area (Å²) < 4.78 is 1.83. The Kier molecular flexibility index (Phi) is 8.55. The van der Waals surface area contributed by atoms with Crippen LogP contribution in [0.2, 0.25) is 10.0 Å². The lowest BCUT2D eigenvalue weighted by atomic mass is 10.1. The minimum atomic E-state index is -0.250. The molecule has 3 aromatic rings. The molecule has 2 aromatic carbocycles. The monoisotopic (exact) mass is 491 g/mol. The summed E-state index contributed by atoms with van der Waals surface area (Å²) >= 11 is 13.3. The Morgan fingerprint density at radius 3 is 2.50 bits per heavy atom. The Balaban J connectivity index is 1.61. The molecule has 0 unspecified atom stereocenters. The van der Waals surface area contributed by atoms with Crippen molar-refractivity contribution in [1.82, 2.24) is 14.8 Å². The second-order valence-electron chi connectivity index (χ2n) is 6.84. The third kappa shape index (κ3) is 6.25. The molecular weight excluding hydrogens is 469 g/mol. The van der Waals surface area contributed by atoms with Crippen LogP contribution in [0, 0.1) is 0 Å². The molecule has 0 aliphatic carbocycles. The first-order valence-corrected chi connectivity index (χ1v) is 11.8. The molecule has 0 bridgehead atoms. The molecular formula is C22H23Cl2N5O2S. The van der Waals surface area contributed by atoms with Crippen LogP contribution in [-0.4, -0.2) is 32.3 Å². The predicted octanol–water partition coefficient (Wildman–Crippen LogP) is 5.08. The van der Waals surface area contributed by atoms with Gasteiger partial charge in [-0.3, -0.25) is 9.59 Å². The van der Waals surface area contributed by atoms with Crippen LogP contribution in [-0.2, 0) is 29.0 Å². The normalized spacial score (nSPS) is 10.8. The van der Waals surface area contributed by atoms with Crippen molar-refractivity contribution >= 4 is 58.2 Å². The van der Waals surface area contributed by atoms with Crippen LogP contribution < -0.4 is 10.6 Å². The highest BCUT2D eigenvalue weighted by molar-refractivity contribution is 7.99. The molecule has 0 aliphatic rings. The maximum Gasteiger partial charge on any atom is 0.234 e. The van der Waals surface area contributed by atoms with Crippen molar-refractivity contribution in [2.45, 2.75) is 38.4 Å². The van der Waals surface area contributed by atoms with Gasteiger partial charge in [0.25, 0.3) is 0 Å². The van der Waals surface area contributed by atoms with Crippen molar-refractivity contribution in [2.75, 3.05) is 16.4 Å². The molecule has 0 radical (unpaired) electrons. The summed E-state index contributed by atoms with van der Waals surface area (Å²) in [6, 6.07) is 12.6. The number of benzene rings is 2. The molecule has 1 aromatic heterocycles. The minimum Gasteiger partial charge on any atom is -0.325 e. The van der Waals surface area contributed by atoms with E-state index in [4.69, 9.17) is 23.2 Å². The molecule has 0 aliphatic heterocycles. The van der Waals surface area contributed by atoms with E-state index in [-0.39, 0.29) is 24.0 Å². The van der Waals surface area contributed by atoms with E-state index in [1.54, 1.807) is 18.2 Å². The average Bonchev–Trinajstić information content (AvgIpc) is 3.16. The molecule has 2 amide bonds. The number of halogens is 2. The number of nitrogens with zero attached hydrogens (tertiary/aromatic N) is 3. The first-order chi connectivity index (χ1) is 15.4. The van der Waals surface area contributed by atoms with Crippen molar-refractivity contribution in [2.24, 2.45) is 0 Å². The van der Waals surface area contributed by atoms with Gasteiger partial charge in [-0.05, 0) is 43.2 Å². The quantitative estimate of drug-likeness (QED) is 0.407. The third-order valence-electron chi connectivity index (χ3n) is 4.64. The lowest BCUT2D eigenvalue weighted by molar-refractivity contribution is -0.116. The second kappa shape index (κ2) is 11.4. The summed E-state index contributed by atoms with van der Waals surface area (Å²) in [7, 11) is 0. The van der Waals surface area contributed by atoms with Crippen molar-refractivity contribution < 1.29 is 9.59 Å². The van der Waals surface area contributed by atoms with E-state index in [1.165, 1.54) is 11.8 Å². The van der Waals surface area contributed by atoms with Crippen LogP contribution >= 0.6 is 35.0 Å². The number of rotatable bonds is 9. The number of hydrogen-bond acceptors (Lipinski definition) is 5. The Bertz CT molecular complexity index is 1120. The maximum atomic E-state index is 12.6. The number of carbonyl (C=O) groups excluding carboxylic acids is 2. The van der Waals surface area contributed by atoms with Crippen molar-refractivity contribution in [3.05, 3.63) is 63.9 Å². The minimum absolute atomic E-state index is 0.0871. The molecule has 0 spiro atoms. The van der Waals surface area contributed by atoms with Gasteiger partial charge in [-0.25, -0.2) is 0 Å². The van der Waals surface area contributed by atoms with Crippen molar-refractivity contribution in [3.8, 4) is 0 Å². The van der Waals surface area contributed by atoms with Gasteiger partial charge in [-0.2, -0.15) is 0 Å². The summed E-state index contributed by atoms with van der Waals surface area (Å²) in [6.45, 7) is 4.55. The number of amides is 2. The lowest BCUT2D eigenvalue weighted by Crippen LogP contribution is -2.18. The average molecular weight is 492 g/mol. The fourth-order valence-corrected chi connectivity index (χ4v) is 4.23. The standard InChI is InChI=1S/C22H23Cl2N5O2S/c1-3-14-7-5-6-8-17(14)25-20(30)12-19-27-28-22(29(19)4-2)32-13-21(31)26-18-11-15(23)9-10-16(18)24/h5-11H,3-4,12-13H2,1-2H3,(H,25,30)(H,26,31). The fraction of sp³-hybridized carbons (Fsp3) is 0.273. The maximum absolute atomic E-state index is 12.6. The largest absolute Gasteiger partial charge is 0.325 e. The van der Waals surface area contributed by atoms with Crippen LogP contribution in [0.1, 0.15) is 25.2 Å². The highest BCUT2D eigenvalue weighted by Gasteiger charge is 2.17. The smallest absolute Gasteiger partial charge is 0.234 e. The van der Waals surface area contributed by atoms with Crippen LogP contribution in [0.3, 0.4) is 0 Å². The molecule has 10 heteroatoms. The molecule has 3 rings (SSSR count). The van der Waals surface area contributed by atoms with E-state index in [1.807, 2.05) is 42.7 Å². The van der Waals surface area contributed by atoms with E-state index in [0.717, 1.165) is 17.7 Å². The van der Waals surface area contributed by atoms with Gasteiger partial charge in [0.2, 0.25) is 11.8 Å². The summed E-state index contributed by atoms with van der Waals surface area (Å²) in [5.74, 6) is 0.231. The van der Waals surface area contributed by atoms with Crippen molar-refractivity contribution in [1.29, 1.82) is 0 Å². The Labute approximate surface area is 200 Å². The first kappa shape index (κ1) is 24.1. The topological polar surface area (TPSA) is 88.9 Å². The van der Waals surface area contributed by atoms with Crippen LogP contribution in [0.15, 0.2) is 47.6 Å². The SMILES string of the molecule is CCc1ccccc1NC(=O)Cc1nnc(SCC(=O)Nc2cc(Cl)ccc2Cl)n1CC. The summed E-state index contributed by atoms with van der Waals surface area (Å²) in [6.07, 6.45) is 0.911. The van der Waals surface area contributed by atoms with Crippen LogP contribution in [0.4, 0.5) is 11.4 Å². The third-order valence-corrected chi connectivity index (χ3v) is 6.17. The lowest BCUT2D eigenvalue weighted by Gasteiger charge is -2.11. The predicted molar refractivity (Wildman–Crippen MR) is 130 cm³/mol. The Hall–Kier alpha value is -2.55. The number of hydrogen-bond donors (Lipinski definition) is 2. The van der Waals surface area contributed by atoms with E-state index >= 15 is 0 Å². The Morgan fingerprint density at radius 2 is 1.75 bits per heavy atom. The number of anilines is 2. The van der Waals surface area contributed by atoms with Gasteiger partial charge in [-0.15, -0.1) is 10.2 Å². The Morgan fingerprint density at radius 1 is 1.00 bits per heavy atom. The number of thioether (sulfide) groups is 1. The molecule has 0 fully saturated rings. The highest BCUT2D eigenvalue weighted by Crippen LogP contribution is 2.26. The van der Waals surface area contributed by atoms with Crippen LogP contribution in [0.25, 0.3) is 0 Å². The van der Waals surface area contributed by atoms with Gasteiger partial charge in [0.05, 0.1) is 22.9 Å². The summed E-state index contributed by atoms with van der Waals surface area (Å²) in [5, 5.41) is 15.5. The number of aromatic nitrogens is 3. The van der Waals surface area contributed by atoms with Gasteiger partial charge < -0.3 is 15.2 Å². The molecule has 0 atom stereocenters. The molecule has 7 nitrogen and oxygen atoms in total. The van der Waals surface area contributed by atoms with Crippen LogP contribution in [0.5, 0.6) is 0 Å². The van der Waals surface area contributed by atoms with E-state index in [2.05, 4.69) is 20.8 Å². The zero-order chi connectivity index (χ0) is 23.1. The van der Waals surface area contributed by atoms with E-state index in [9.17, 15) is 9.59 Å². The molecule has 32 heavy (non-hydrogen) atoms. The van der Waals surface area contributed by atoms with Gasteiger partial charge in [0.1, 0.15) is 5.82 Å². The summed E-state index contributed by atoms with van der Waals surface area (Å²) in [5.41, 5.74) is 2.32. The summed E-state index contributed by atoms with van der Waals surface area (Å²) in [4.78, 5) is 24.9. The second-order valence-corrected chi connectivity index (χ2v) is 8.63. The number of nitrogens with one attached hydrogen (secondary N) is 2.